The molecule has 0 fully saturated rings. The number of thioether (sulfide) groups is 1. The van der Waals surface area contributed by atoms with Crippen LogP contribution in [0.4, 0.5) is 4.79 Å². The van der Waals surface area contributed by atoms with Crippen molar-refractivity contribution in [3.63, 3.8) is 0 Å². The summed E-state index contributed by atoms with van der Waals surface area (Å²) in [6.07, 6.45) is -0.530. The fraction of sp³-hybridized carbons (Fsp3) is 0.323. The number of hydrogen-bond donors (Lipinski definition) is 1. The second kappa shape index (κ2) is 11.9. The van der Waals surface area contributed by atoms with Gasteiger partial charge in [0.2, 0.25) is 5.89 Å². The minimum absolute atomic E-state index is 0.0966. The van der Waals surface area contributed by atoms with E-state index < -0.39 is 22.5 Å². The number of aromatic nitrogens is 2. The quantitative estimate of drug-likeness (QED) is 0.226. The van der Waals surface area contributed by atoms with Gasteiger partial charge in [-0.25, -0.2) is 4.79 Å². The number of ether oxygens (including phenoxy) is 1. The molecule has 0 saturated carbocycles. The lowest BCUT2D eigenvalue weighted by Crippen LogP contribution is -2.37. The summed E-state index contributed by atoms with van der Waals surface area (Å²) < 4.78 is 10.7. The van der Waals surface area contributed by atoms with Crippen molar-refractivity contribution in [3.05, 3.63) is 119 Å². The Bertz CT molecular complexity index is 1210. The maximum absolute atomic E-state index is 12.9. The van der Waals surface area contributed by atoms with Gasteiger partial charge in [0.1, 0.15) is 11.6 Å². The van der Waals surface area contributed by atoms with Crippen molar-refractivity contribution in [1.29, 1.82) is 0 Å². The summed E-state index contributed by atoms with van der Waals surface area (Å²) in [7, 11) is 0. The predicted octanol–water partition coefficient (Wildman–Crippen LogP) is 7.48. The van der Waals surface area contributed by atoms with Crippen LogP contribution in [0.15, 0.2) is 95.5 Å². The SMILES string of the molecule is CC(C)c1noc([C@H](CSC(c2ccccc2)(c2ccccc2)c2ccccc2)NC(=O)OC(C)(C)C)n1. The van der Waals surface area contributed by atoms with Gasteiger partial charge in [-0.3, -0.25) is 0 Å². The molecule has 4 aromatic rings. The first kappa shape index (κ1) is 27.5. The smallest absolute Gasteiger partial charge is 0.408 e. The van der Waals surface area contributed by atoms with Crippen molar-refractivity contribution < 1.29 is 14.1 Å². The van der Waals surface area contributed by atoms with E-state index in [0.29, 0.717) is 17.5 Å². The maximum Gasteiger partial charge on any atom is 0.408 e. The first-order chi connectivity index (χ1) is 18.2. The monoisotopic (exact) mass is 529 g/mol. The molecule has 0 radical (unpaired) electrons. The van der Waals surface area contributed by atoms with Crippen LogP contribution in [0.3, 0.4) is 0 Å². The predicted molar refractivity (Wildman–Crippen MR) is 152 cm³/mol. The second-order valence-corrected chi connectivity index (χ2v) is 11.7. The molecule has 1 aromatic heterocycles. The Kier molecular flexibility index (Phi) is 8.57. The third kappa shape index (κ3) is 6.45. The summed E-state index contributed by atoms with van der Waals surface area (Å²) in [6, 6.07) is 30.7. The van der Waals surface area contributed by atoms with E-state index in [0.717, 1.165) is 16.7 Å². The number of carbonyl (C=O) groups excluding carboxylic acids is 1. The first-order valence-electron chi connectivity index (χ1n) is 12.8. The molecule has 1 amide bonds. The molecule has 0 unspecified atom stereocenters. The summed E-state index contributed by atoms with van der Waals surface area (Å²) >= 11 is 1.71. The minimum Gasteiger partial charge on any atom is -0.444 e. The Morgan fingerprint density at radius 3 is 1.74 bits per heavy atom. The van der Waals surface area contributed by atoms with Crippen LogP contribution in [-0.2, 0) is 9.48 Å². The van der Waals surface area contributed by atoms with Crippen molar-refractivity contribution in [2.75, 3.05) is 5.75 Å². The molecule has 0 spiro atoms. The van der Waals surface area contributed by atoms with E-state index in [1.807, 2.05) is 52.8 Å². The summed E-state index contributed by atoms with van der Waals surface area (Å²) in [5.41, 5.74) is 2.76. The molecule has 0 aliphatic rings. The Balaban J connectivity index is 1.78. The van der Waals surface area contributed by atoms with E-state index in [4.69, 9.17) is 9.26 Å². The van der Waals surface area contributed by atoms with Crippen LogP contribution < -0.4 is 5.32 Å². The fourth-order valence-corrected chi connectivity index (χ4v) is 5.78. The molecule has 198 valence electrons. The van der Waals surface area contributed by atoms with Gasteiger partial charge in [0.25, 0.3) is 0 Å². The molecule has 0 aliphatic carbocycles. The van der Waals surface area contributed by atoms with E-state index >= 15 is 0 Å². The lowest BCUT2D eigenvalue weighted by Gasteiger charge is -2.36. The van der Waals surface area contributed by atoms with Crippen molar-refractivity contribution in [2.24, 2.45) is 0 Å². The highest BCUT2D eigenvalue weighted by Crippen LogP contribution is 2.49. The molecule has 1 heterocycles. The van der Waals surface area contributed by atoms with Crippen molar-refractivity contribution in [3.8, 4) is 0 Å². The molecule has 7 heteroatoms. The van der Waals surface area contributed by atoms with Crippen LogP contribution in [-0.4, -0.2) is 27.6 Å². The molecule has 3 aromatic carbocycles. The zero-order valence-corrected chi connectivity index (χ0v) is 23.4. The average Bonchev–Trinajstić information content (AvgIpc) is 3.40. The van der Waals surface area contributed by atoms with Gasteiger partial charge in [-0.05, 0) is 37.5 Å². The molecule has 6 nitrogen and oxygen atoms in total. The van der Waals surface area contributed by atoms with Gasteiger partial charge >= 0.3 is 6.09 Å². The summed E-state index contributed by atoms with van der Waals surface area (Å²) in [5, 5.41) is 7.14. The molecule has 0 saturated heterocycles. The van der Waals surface area contributed by atoms with Crippen LogP contribution in [0.25, 0.3) is 0 Å². The van der Waals surface area contributed by atoms with Crippen LogP contribution in [0.1, 0.15) is 75.0 Å². The van der Waals surface area contributed by atoms with Gasteiger partial charge in [-0.15, -0.1) is 11.8 Å². The molecule has 1 atom stereocenters. The number of carbonyl (C=O) groups is 1. The number of nitrogens with one attached hydrogen (secondary N) is 1. The number of alkyl carbamates (subject to hydrolysis) is 1. The first-order valence-corrected chi connectivity index (χ1v) is 13.8. The van der Waals surface area contributed by atoms with Crippen molar-refractivity contribution >= 4 is 17.9 Å². The molecule has 0 bridgehead atoms. The van der Waals surface area contributed by atoms with Gasteiger partial charge in [0, 0.05) is 11.7 Å². The Morgan fingerprint density at radius 1 is 0.868 bits per heavy atom. The molecule has 38 heavy (non-hydrogen) atoms. The third-order valence-corrected chi connectivity index (χ3v) is 7.61. The van der Waals surface area contributed by atoms with E-state index in [9.17, 15) is 4.79 Å². The Hall–Kier alpha value is -3.58. The van der Waals surface area contributed by atoms with Crippen LogP contribution in [0.5, 0.6) is 0 Å². The second-order valence-electron chi connectivity index (χ2n) is 10.4. The van der Waals surface area contributed by atoms with Gasteiger partial charge < -0.3 is 14.6 Å². The van der Waals surface area contributed by atoms with Crippen LogP contribution in [0.2, 0.25) is 0 Å². The fourth-order valence-electron chi connectivity index (χ4n) is 4.22. The highest BCUT2D eigenvalue weighted by atomic mass is 32.2. The van der Waals surface area contributed by atoms with Crippen molar-refractivity contribution in [1.82, 2.24) is 15.5 Å². The molecule has 0 aliphatic heterocycles. The van der Waals surface area contributed by atoms with Gasteiger partial charge in [-0.1, -0.05) is 110 Å². The molecular formula is C31H35N3O3S. The molecular weight excluding hydrogens is 494 g/mol. The number of hydrogen-bond acceptors (Lipinski definition) is 6. The zero-order chi connectivity index (χ0) is 27.2. The van der Waals surface area contributed by atoms with Crippen LogP contribution in [0, 0.1) is 0 Å². The zero-order valence-electron chi connectivity index (χ0n) is 22.5. The number of amides is 1. The van der Waals surface area contributed by atoms with Crippen LogP contribution >= 0.6 is 11.8 Å². The average molecular weight is 530 g/mol. The highest BCUT2D eigenvalue weighted by molar-refractivity contribution is 8.00. The van der Waals surface area contributed by atoms with Gasteiger partial charge in [-0.2, -0.15) is 4.98 Å². The summed E-state index contributed by atoms with van der Waals surface area (Å²) in [5.74, 6) is 1.51. The topological polar surface area (TPSA) is 77.2 Å². The summed E-state index contributed by atoms with van der Waals surface area (Å²) in [6.45, 7) is 9.53. The third-order valence-electron chi connectivity index (χ3n) is 5.97. The Labute approximate surface area is 229 Å². The number of nitrogens with zero attached hydrogens (tertiary/aromatic N) is 2. The molecule has 1 N–H and O–H groups in total. The van der Waals surface area contributed by atoms with E-state index in [1.165, 1.54) is 0 Å². The van der Waals surface area contributed by atoms with Gasteiger partial charge in [0.05, 0.1) is 4.75 Å². The minimum atomic E-state index is -0.637. The number of benzene rings is 3. The molecule has 4 rings (SSSR count). The maximum atomic E-state index is 12.9. The lowest BCUT2D eigenvalue weighted by molar-refractivity contribution is 0.0500. The lowest BCUT2D eigenvalue weighted by atomic mass is 9.84. The van der Waals surface area contributed by atoms with Gasteiger partial charge in [0.15, 0.2) is 5.82 Å². The van der Waals surface area contributed by atoms with E-state index in [-0.39, 0.29) is 5.92 Å². The number of rotatable bonds is 9. The Morgan fingerprint density at radius 2 is 1.34 bits per heavy atom. The van der Waals surface area contributed by atoms with E-state index in [1.54, 1.807) is 11.8 Å². The largest absolute Gasteiger partial charge is 0.444 e. The highest BCUT2D eigenvalue weighted by Gasteiger charge is 2.39. The summed E-state index contributed by atoms with van der Waals surface area (Å²) in [4.78, 5) is 17.5. The standard InChI is InChI=1S/C31H35N3O3S/c1-22(2)27-33-28(37-34-27)26(32-29(35)36-30(3,4)5)21-38-31(23-15-9-6-10-16-23,24-17-11-7-12-18-24)25-19-13-8-14-20-25/h6-20,22,26H,21H2,1-5H3,(H,32,35)/t26-/m0/s1. The van der Waals surface area contributed by atoms with Crippen molar-refractivity contribution in [2.45, 2.75) is 56.9 Å². The normalized spacial score (nSPS) is 12.8. The van der Waals surface area contributed by atoms with E-state index in [2.05, 4.69) is 88.3 Å².